The van der Waals surface area contributed by atoms with Gasteiger partial charge < -0.3 is 9.30 Å². The van der Waals surface area contributed by atoms with E-state index in [0.717, 1.165) is 22.2 Å². The molecule has 0 saturated carbocycles. The summed E-state index contributed by atoms with van der Waals surface area (Å²) < 4.78 is 6.91. The van der Waals surface area contributed by atoms with Gasteiger partial charge in [-0.25, -0.2) is 4.79 Å². The van der Waals surface area contributed by atoms with Crippen molar-refractivity contribution < 1.29 is 9.53 Å². The van der Waals surface area contributed by atoms with E-state index in [0.29, 0.717) is 11.7 Å². The van der Waals surface area contributed by atoms with E-state index in [1.807, 2.05) is 12.1 Å². The van der Waals surface area contributed by atoms with Crippen LogP contribution in [0.15, 0.2) is 36.5 Å². The van der Waals surface area contributed by atoms with Crippen LogP contribution >= 0.6 is 0 Å². The lowest BCUT2D eigenvalue weighted by molar-refractivity contribution is 0.0594. The first-order chi connectivity index (χ1) is 10.1. The van der Waals surface area contributed by atoms with Crippen molar-refractivity contribution in [3.63, 3.8) is 0 Å². The normalized spacial score (nSPS) is 11.2. The Kier molecular flexibility index (Phi) is 3.25. The zero-order valence-corrected chi connectivity index (χ0v) is 12.3. The molecule has 0 aliphatic rings. The average Bonchev–Trinajstić information content (AvgIpc) is 3.10. The summed E-state index contributed by atoms with van der Waals surface area (Å²) >= 11 is 0. The van der Waals surface area contributed by atoms with Crippen LogP contribution in [-0.2, 0) is 4.74 Å². The first-order valence-electron chi connectivity index (χ1n) is 6.85. The number of carbonyl (C=O) groups excluding carboxylic acids is 1. The Morgan fingerprint density at radius 2 is 2.10 bits per heavy atom. The van der Waals surface area contributed by atoms with Gasteiger partial charge in [0, 0.05) is 28.7 Å². The van der Waals surface area contributed by atoms with Gasteiger partial charge in [0.2, 0.25) is 0 Å². The van der Waals surface area contributed by atoms with E-state index in [2.05, 4.69) is 46.9 Å². The molecule has 0 aliphatic carbocycles. The molecule has 0 aliphatic heterocycles. The van der Waals surface area contributed by atoms with Gasteiger partial charge in [-0.1, -0.05) is 18.2 Å². The van der Waals surface area contributed by atoms with Crippen molar-refractivity contribution in [1.82, 2.24) is 14.8 Å². The molecule has 0 radical (unpaired) electrons. The predicted molar refractivity (Wildman–Crippen MR) is 81.2 cm³/mol. The fourth-order valence-electron chi connectivity index (χ4n) is 2.51. The van der Waals surface area contributed by atoms with Crippen LogP contribution in [0.4, 0.5) is 0 Å². The number of para-hydroxylation sites is 1. The van der Waals surface area contributed by atoms with Crippen LogP contribution in [0.25, 0.3) is 22.2 Å². The molecule has 0 atom stereocenters. The number of ether oxygens (including phenoxy) is 1. The molecular formula is C16H17N3O2. The molecule has 2 aromatic heterocycles. The van der Waals surface area contributed by atoms with Gasteiger partial charge in [0.1, 0.15) is 5.69 Å². The van der Waals surface area contributed by atoms with E-state index >= 15 is 0 Å². The third-order valence-corrected chi connectivity index (χ3v) is 3.56. The number of benzene rings is 1. The molecule has 0 bridgehead atoms. The number of nitrogens with zero attached hydrogens (tertiary/aromatic N) is 2. The standard InChI is InChI=1S/C16H17N3O2/c1-10(2)19-9-12(11-6-4-5-7-15(11)19)13-8-14(18-17-13)16(20)21-3/h4-10H,1-3H3,(H,17,18). The van der Waals surface area contributed by atoms with Crippen LogP contribution in [-0.4, -0.2) is 27.8 Å². The highest BCUT2D eigenvalue weighted by molar-refractivity contribution is 5.96. The number of H-pyrrole nitrogens is 1. The number of aromatic amines is 1. The van der Waals surface area contributed by atoms with Gasteiger partial charge in [-0.05, 0) is 26.0 Å². The van der Waals surface area contributed by atoms with E-state index in [9.17, 15) is 4.79 Å². The Bertz CT molecular complexity index is 799. The number of methoxy groups -OCH3 is 1. The second-order valence-corrected chi connectivity index (χ2v) is 5.22. The van der Waals surface area contributed by atoms with Crippen molar-refractivity contribution in [3.05, 3.63) is 42.2 Å². The molecule has 1 N–H and O–H groups in total. The molecule has 1 aromatic carbocycles. The fraction of sp³-hybridized carbons (Fsp3) is 0.250. The lowest BCUT2D eigenvalue weighted by atomic mass is 10.1. The molecule has 5 heteroatoms. The molecule has 0 fully saturated rings. The smallest absolute Gasteiger partial charge is 0.356 e. The number of nitrogens with one attached hydrogen (secondary N) is 1. The lowest BCUT2D eigenvalue weighted by Crippen LogP contribution is -2.00. The van der Waals surface area contributed by atoms with E-state index < -0.39 is 5.97 Å². The van der Waals surface area contributed by atoms with Crippen LogP contribution in [0, 0.1) is 0 Å². The maximum absolute atomic E-state index is 11.5. The third-order valence-electron chi connectivity index (χ3n) is 3.56. The van der Waals surface area contributed by atoms with E-state index in [4.69, 9.17) is 4.74 Å². The summed E-state index contributed by atoms with van der Waals surface area (Å²) in [6, 6.07) is 10.3. The molecule has 2 heterocycles. The number of carbonyl (C=O) groups is 1. The fourth-order valence-corrected chi connectivity index (χ4v) is 2.51. The molecule has 0 amide bonds. The summed E-state index contributed by atoms with van der Waals surface area (Å²) in [7, 11) is 1.35. The Balaban J connectivity index is 2.16. The molecule has 0 spiro atoms. The number of fused-ring (bicyclic) bond motifs is 1. The van der Waals surface area contributed by atoms with Gasteiger partial charge in [0.05, 0.1) is 12.8 Å². The molecule has 0 saturated heterocycles. The largest absolute Gasteiger partial charge is 0.464 e. The van der Waals surface area contributed by atoms with Crippen molar-refractivity contribution in [3.8, 4) is 11.3 Å². The van der Waals surface area contributed by atoms with Crippen LogP contribution in [0.3, 0.4) is 0 Å². The summed E-state index contributed by atoms with van der Waals surface area (Å²) in [6.45, 7) is 4.28. The SMILES string of the molecule is COC(=O)c1cc(-c2cn(C(C)C)c3ccccc23)n[nH]1. The predicted octanol–water partition coefficient (Wildman–Crippen LogP) is 3.40. The Labute approximate surface area is 122 Å². The highest BCUT2D eigenvalue weighted by atomic mass is 16.5. The summed E-state index contributed by atoms with van der Waals surface area (Å²) in [5.41, 5.74) is 3.26. The van der Waals surface area contributed by atoms with Crippen molar-refractivity contribution in [2.75, 3.05) is 7.11 Å². The molecule has 0 unspecified atom stereocenters. The maximum atomic E-state index is 11.5. The number of aromatic nitrogens is 3. The van der Waals surface area contributed by atoms with E-state index in [1.165, 1.54) is 7.11 Å². The molecule has 3 aromatic rings. The summed E-state index contributed by atoms with van der Waals surface area (Å²) in [6.07, 6.45) is 2.08. The highest BCUT2D eigenvalue weighted by Gasteiger charge is 2.16. The van der Waals surface area contributed by atoms with Gasteiger partial charge in [-0.3, -0.25) is 5.10 Å². The van der Waals surface area contributed by atoms with Crippen LogP contribution in [0.1, 0.15) is 30.4 Å². The Hall–Kier alpha value is -2.56. The van der Waals surface area contributed by atoms with Gasteiger partial charge >= 0.3 is 5.97 Å². The van der Waals surface area contributed by atoms with Crippen molar-refractivity contribution in [2.45, 2.75) is 19.9 Å². The first kappa shape index (κ1) is 13.4. The van der Waals surface area contributed by atoms with E-state index in [1.54, 1.807) is 6.07 Å². The first-order valence-corrected chi connectivity index (χ1v) is 6.85. The molecule has 5 nitrogen and oxygen atoms in total. The third kappa shape index (κ3) is 2.20. The number of esters is 1. The van der Waals surface area contributed by atoms with Crippen LogP contribution in [0.5, 0.6) is 0 Å². The summed E-state index contributed by atoms with van der Waals surface area (Å²) in [5, 5.41) is 8.08. The second kappa shape index (κ2) is 5.09. The molecule has 3 rings (SSSR count). The lowest BCUT2D eigenvalue weighted by Gasteiger charge is -2.08. The van der Waals surface area contributed by atoms with Gasteiger partial charge in [-0.2, -0.15) is 5.10 Å². The number of hydrogen-bond acceptors (Lipinski definition) is 3. The van der Waals surface area contributed by atoms with Gasteiger partial charge in [0.25, 0.3) is 0 Å². The molecule has 108 valence electrons. The van der Waals surface area contributed by atoms with Crippen molar-refractivity contribution in [1.29, 1.82) is 0 Å². The molecule has 21 heavy (non-hydrogen) atoms. The van der Waals surface area contributed by atoms with Crippen LogP contribution in [0.2, 0.25) is 0 Å². The zero-order valence-electron chi connectivity index (χ0n) is 12.3. The minimum absolute atomic E-state index is 0.350. The van der Waals surface area contributed by atoms with Gasteiger partial charge in [-0.15, -0.1) is 0 Å². The van der Waals surface area contributed by atoms with Crippen molar-refractivity contribution >= 4 is 16.9 Å². The van der Waals surface area contributed by atoms with Gasteiger partial charge in [0.15, 0.2) is 0 Å². The average molecular weight is 283 g/mol. The Morgan fingerprint density at radius 3 is 2.81 bits per heavy atom. The minimum atomic E-state index is -0.415. The summed E-state index contributed by atoms with van der Waals surface area (Å²) in [4.78, 5) is 11.5. The van der Waals surface area contributed by atoms with Crippen LogP contribution < -0.4 is 0 Å². The topological polar surface area (TPSA) is 59.9 Å². The quantitative estimate of drug-likeness (QED) is 0.749. The molecular weight excluding hydrogens is 266 g/mol. The second-order valence-electron chi connectivity index (χ2n) is 5.22. The van der Waals surface area contributed by atoms with Crippen molar-refractivity contribution in [2.24, 2.45) is 0 Å². The zero-order chi connectivity index (χ0) is 15.0. The summed E-state index contributed by atoms with van der Waals surface area (Å²) in [5.74, 6) is -0.415. The van der Waals surface area contributed by atoms with E-state index in [-0.39, 0.29) is 0 Å². The number of rotatable bonds is 3. The highest BCUT2D eigenvalue weighted by Crippen LogP contribution is 2.31. The maximum Gasteiger partial charge on any atom is 0.356 e. The Morgan fingerprint density at radius 1 is 1.33 bits per heavy atom. The monoisotopic (exact) mass is 283 g/mol. The number of hydrogen-bond donors (Lipinski definition) is 1. The minimum Gasteiger partial charge on any atom is -0.464 e.